The zero-order valence-electron chi connectivity index (χ0n) is 17.0. The molecule has 168 valence electrons. The van der Waals surface area contributed by atoms with Crippen molar-refractivity contribution in [2.45, 2.75) is 28.9 Å². The monoisotopic (exact) mass is 470 g/mol. The minimum atomic E-state index is -4.13. The number of benzene rings is 2. The van der Waals surface area contributed by atoms with Crippen molar-refractivity contribution in [3.05, 3.63) is 53.8 Å². The van der Waals surface area contributed by atoms with Crippen LogP contribution >= 0.6 is 0 Å². The van der Waals surface area contributed by atoms with Crippen LogP contribution in [0.15, 0.2) is 52.3 Å². The van der Waals surface area contributed by atoms with Gasteiger partial charge in [-0.2, -0.15) is 4.31 Å². The summed E-state index contributed by atoms with van der Waals surface area (Å²) in [4.78, 5) is 12.1. The molecular formula is C20H23FN2O6S2. The summed E-state index contributed by atoms with van der Waals surface area (Å²) in [6, 6.07) is 8.91. The molecule has 0 radical (unpaired) electrons. The number of hydrogen-bond acceptors (Lipinski definition) is 6. The highest BCUT2D eigenvalue weighted by molar-refractivity contribution is 7.92. The molecule has 1 N–H and O–H groups in total. The Morgan fingerprint density at radius 3 is 2.32 bits per heavy atom. The van der Waals surface area contributed by atoms with Crippen molar-refractivity contribution in [3.63, 3.8) is 0 Å². The largest absolute Gasteiger partial charge is 0.379 e. The summed E-state index contributed by atoms with van der Waals surface area (Å²) in [5.41, 5.74) is -0.0620. The van der Waals surface area contributed by atoms with Crippen molar-refractivity contribution in [1.29, 1.82) is 0 Å². The van der Waals surface area contributed by atoms with E-state index in [9.17, 15) is 26.0 Å². The van der Waals surface area contributed by atoms with Crippen LogP contribution in [-0.2, 0) is 24.6 Å². The Labute approximate surface area is 181 Å². The maximum atomic E-state index is 14.4. The summed E-state index contributed by atoms with van der Waals surface area (Å²) in [6.45, 7) is 3.62. The molecule has 1 aliphatic heterocycles. The first-order chi connectivity index (χ1) is 14.5. The topological polar surface area (TPSA) is 110 Å². The first-order valence-electron chi connectivity index (χ1n) is 9.57. The van der Waals surface area contributed by atoms with E-state index in [1.807, 2.05) is 0 Å². The second-order valence-corrected chi connectivity index (χ2v) is 11.6. The van der Waals surface area contributed by atoms with Gasteiger partial charge in [-0.3, -0.25) is 4.79 Å². The van der Waals surface area contributed by atoms with Crippen molar-refractivity contribution >= 4 is 31.5 Å². The summed E-state index contributed by atoms with van der Waals surface area (Å²) in [7, 11) is -7.86. The zero-order valence-corrected chi connectivity index (χ0v) is 18.7. The maximum absolute atomic E-state index is 14.4. The number of morpholine rings is 1. The van der Waals surface area contributed by atoms with Crippen molar-refractivity contribution in [2.75, 3.05) is 31.6 Å². The molecule has 0 aromatic heterocycles. The zero-order chi connectivity index (χ0) is 22.8. The molecule has 3 rings (SSSR count). The van der Waals surface area contributed by atoms with E-state index in [4.69, 9.17) is 4.74 Å². The van der Waals surface area contributed by atoms with Crippen LogP contribution in [0, 0.1) is 5.82 Å². The Morgan fingerprint density at radius 2 is 1.68 bits per heavy atom. The molecule has 31 heavy (non-hydrogen) atoms. The lowest BCUT2D eigenvalue weighted by Crippen LogP contribution is -2.40. The van der Waals surface area contributed by atoms with Gasteiger partial charge in [0.15, 0.2) is 9.84 Å². The number of sulfone groups is 1. The lowest BCUT2D eigenvalue weighted by molar-refractivity contribution is 0.0729. The minimum Gasteiger partial charge on any atom is -0.379 e. The van der Waals surface area contributed by atoms with Gasteiger partial charge in [0.1, 0.15) is 10.7 Å². The van der Waals surface area contributed by atoms with Crippen molar-refractivity contribution < 1.29 is 30.8 Å². The van der Waals surface area contributed by atoms with Crippen LogP contribution in [0.2, 0.25) is 0 Å². The van der Waals surface area contributed by atoms with Gasteiger partial charge in [-0.15, -0.1) is 0 Å². The first-order valence-corrected chi connectivity index (χ1v) is 12.6. The van der Waals surface area contributed by atoms with Gasteiger partial charge in [-0.05, 0) is 44.2 Å². The lowest BCUT2D eigenvalue weighted by Gasteiger charge is -2.26. The number of carbonyl (C=O) groups excluding carboxylic acids is 1. The smallest absolute Gasteiger partial charge is 0.256 e. The molecule has 0 unspecified atom stereocenters. The Morgan fingerprint density at radius 1 is 1.03 bits per heavy atom. The lowest BCUT2D eigenvalue weighted by atomic mass is 10.2. The minimum absolute atomic E-state index is 0.0231. The van der Waals surface area contributed by atoms with Crippen LogP contribution < -0.4 is 5.32 Å². The fraction of sp³-hybridized carbons (Fsp3) is 0.350. The summed E-state index contributed by atoms with van der Waals surface area (Å²) in [6.07, 6.45) is 0. The number of ether oxygens (including phenoxy) is 1. The van der Waals surface area contributed by atoms with Gasteiger partial charge >= 0.3 is 0 Å². The van der Waals surface area contributed by atoms with Gasteiger partial charge in [0.25, 0.3) is 5.91 Å². The normalized spacial score (nSPS) is 15.7. The van der Waals surface area contributed by atoms with Crippen molar-refractivity contribution in [2.24, 2.45) is 0 Å². The van der Waals surface area contributed by atoms with Gasteiger partial charge in [-0.25, -0.2) is 21.2 Å². The Kier molecular flexibility index (Phi) is 6.79. The Bertz CT molecular complexity index is 1190. The maximum Gasteiger partial charge on any atom is 0.256 e. The summed E-state index contributed by atoms with van der Waals surface area (Å²) in [5.74, 6) is -1.70. The van der Waals surface area contributed by atoms with Gasteiger partial charge in [0, 0.05) is 18.8 Å². The molecule has 1 amide bonds. The predicted molar refractivity (Wildman–Crippen MR) is 113 cm³/mol. The van der Waals surface area contributed by atoms with Crippen LogP contribution in [0.1, 0.15) is 24.2 Å². The first kappa shape index (κ1) is 23.3. The second kappa shape index (κ2) is 9.03. The number of anilines is 1. The third-order valence-electron chi connectivity index (χ3n) is 4.84. The predicted octanol–water partition coefficient (Wildman–Crippen LogP) is 2.28. The molecule has 1 fully saturated rings. The standard InChI is InChI=1S/C20H23FN2O6S2/c1-14(2)30(25,26)18-6-4-3-5-16(18)20(24)22-15-7-8-17(21)19(13-15)31(27,28)23-9-11-29-12-10-23/h3-8,13-14H,9-12H2,1-2H3,(H,22,24). The van der Waals surface area contributed by atoms with Crippen molar-refractivity contribution in [1.82, 2.24) is 4.31 Å². The van der Waals surface area contributed by atoms with Gasteiger partial charge in [-0.1, -0.05) is 12.1 Å². The number of carbonyl (C=O) groups is 1. The third-order valence-corrected chi connectivity index (χ3v) is 8.96. The number of hydrogen-bond donors (Lipinski definition) is 1. The molecule has 1 heterocycles. The van der Waals surface area contributed by atoms with E-state index in [-0.39, 0.29) is 42.4 Å². The molecule has 8 nitrogen and oxygen atoms in total. The van der Waals surface area contributed by atoms with Crippen LogP contribution in [0.25, 0.3) is 0 Å². The van der Waals surface area contributed by atoms with E-state index in [1.54, 1.807) is 0 Å². The molecular weight excluding hydrogens is 447 g/mol. The molecule has 1 saturated heterocycles. The molecule has 0 bridgehead atoms. The number of nitrogens with one attached hydrogen (secondary N) is 1. The second-order valence-electron chi connectivity index (χ2n) is 7.21. The molecule has 0 atom stereocenters. The van der Waals surface area contributed by atoms with E-state index in [0.717, 1.165) is 16.4 Å². The average molecular weight is 471 g/mol. The van der Waals surface area contributed by atoms with Gasteiger partial charge in [0.2, 0.25) is 10.0 Å². The highest BCUT2D eigenvalue weighted by atomic mass is 32.2. The van der Waals surface area contributed by atoms with Crippen LogP contribution in [0.5, 0.6) is 0 Å². The van der Waals surface area contributed by atoms with E-state index < -0.39 is 41.7 Å². The summed E-state index contributed by atoms with van der Waals surface area (Å²) in [5, 5.41) is 1.74. The van der Waals surface area contributed by atoms with Gasteiger partial charge in [0.05, 0.1) is 28.9 Å². The summed E-state index contributed by atoms with van der Waals surface area (Å²) >= 11 is 0. The number of nitrogens with zero attached hydrogens (tertiary/aromatic N) is 1. The highest BCUT2D eigenvalue weighted by Gasteiger charge is 2.30. The van der Waals surface area contributed by atoms with Crippen LogP contribution in [-0.4, -0.2) is 58.6 Å². The molecule has 11 heteroatoms. The van der Waals surface area contributed by atoms with E-state index in [0.29, 0.717) is 0 Å². The van der Waals surface area contributed by atoms with E-state index >= 15 is 0 Å². The number of sulfonamides is 1. The fourth-order valence-corrected chi connectivity index (χ4v) is 5.80. The van der Waals surface area contributed by atoms with E-state index in [1.165, 1.54) is 44.2 Å². The average Bonchev–Trinajstić information content (AvgIpc) is 2.75. The highest BCUT2D eigenvalue weighted by Crippen LogP contribution is 2.26. The number of halogens is 1. The van der Waals surface area contributed by atoms with Crippen LogP contribution in [0.3, 0.4) is 0 Å². The molecule has 0 saturated carbocycles. The third kappa shape index (κ3) is 4.79. The van der Waals surface area contributed by atoms with E-state index in [2.05, 4.69) is 5.32 Å². The quantitative estimate of drug-likeness (QED) is 0.694. The molecule has 1 aliphatic rings. The SMILES string of the molecule is CC(C)S(=O)(=O)c1ccccc1C(=O)Nc1ccc(F)c(S(=O)(=O)N2CCOCC2)c1. The molecule has 0 aliphatic carbocycles. The molecule has 0 spiro atoms. The Hall–Kier alpha value is -2.34. The summed E-state index contributed by atoms with van der Waals surface area (Å²) < 4.78 is 71.4. The molecule has 2 aromatic rings. The van der Waals surface area contributed by atoms with Crippen molar-refractivity contribution in [3.8, 4) is 0 Å². The number of rotatable bonds is 6. The Balaban J connectivity index is 1.93. The molecule has 2 aromatic carbocycles. The fourth-order valence-electron chi connectivity index (χ4n) is 3.06. The van der Waals surface area contributed by atoms with Crippen LogP contribution in [0.4, 0.5) is 10.1 Å². The van der Waals surface area contributed by atoms with Gasteiger partial charge < -0.3 is 10.1 Å². The number of amides is 1.